The highest BCUT2D eigenvalue weighted by atomic mass is 19.1. The first-order valence-electron chi connectivity index (χ1n) is 13.8. The standard InChI is InChI=1S/C28H38F2O6/c1-25-9-8-16(32)10-19(25)20(29)11-18-17-12-23-28(22(34)14-31,26(17,2)13-21(33)27(18,25)30)36-24(35-23)15-6-4-3-5-7-15/h10,15,17-18,20-21,23-24,31,33H,3-9,11-14H2,1-2H3/t17-,18-,20-,21-,23+,24+,25-,26-,27-,28+/m0/s1. The molecule has 10 atom stereocenters. The van der Waals surface area contributed by atoms with Crippen LogP contribution in [0, 0.1) is 28.6 Å². The third kappa shape index (κ3) is 2.90. The van der Waals surface area contributed by atoms with Gasteiger partial charge in [-0.2, -0.15) is 0 Å². The highest BCUT2D eigenvalue weighted by Gasteiger charge is 2.80. The van der Waals surface area contributed by atoms with Crippen molar-refractivity contribution in [2.24, 2.45) is 28.6 Å². The third-order valence-corrected chi connectivity index (χ3v) is 11.4. The maximum Gasteiger partial charge on any atom is 0.193 e. The van der Waals surface area contributed by atoms with Gasteiger partial charge >= 0.3 is 0 Å². The van der Waals surface area contributed by atoms with Crippen LogP contribution < -0.4 is 0 Å². The number of ether oxygens (including phenoxy) is 2. The second-order valence-corrected chi connectivity index (χ2v) is 12.8. The fourth-order valence-electron chi connectivity index (χ4n) is 9.56. The van der Waals surface area contributed by atoms with Crippen LogP contribution in [0.25, 0.3) is 0 Å². The van der Waals surface area contributed by atoms with Gasteiger partial charge in [0, 0.05) is 29.1 Å². The molecule has 200 valence electrons. The van der Waals surface area contributed by atoms with Crippen LogP contribution >= 0.6 is 0 Å². The topological polar surface area (TPSA) is 93.1 Å². The lowest BCUT2D eigenvalue weighted by molar-refractivity contribution is -0.246. The zero-order valence-electron chi connectivity index (χ0n) is 21.2. The highest BCUT2D eigenvalue weighted by Crippen LogP contribution is 2.72. The van der Waals surface area contributed by atoms with E-state index >= 15 is 8.78 Å². The van der Waals surface area contributed by atoms with E-state index in [-0.39, 0.29) is 43.0 Å². The van der Waals surface area contributed by atoms with Crippen molar-refractivity contribution in [2.75, 3.05) is 6.61 Å². The van der Waals surface area contributed by atoms with Crippen LogP contribution in [-0.2, 0) is 19.1 Å². The molecule has 2 N–H and O–H groups in total. The van der Waals surface area contributed by atoms with Crippen LogP contribution in [0.5, 0.6) is 0 Å². The molecule has 4 saturated carbocycles. The summed E-state index contributed by atoms with van der Waals surface area (Å²) in [6.45, 7) is 2.75. The first-order chi connectivity index (χ1) is 17.0. The Morgan fingerprint density at radius 3 is 2.58 bits per heavy atom. The summed E-state index contributed by atoms with van der Waals surface area (Å²) in [4.78, 5) is 25.6. The molecule has 6 aliphatic rings. The zero-order valence-corrected chi connectivity index (χ0v) is 21.2. The predicted molar refractivity (Wildman–Crippen MR) is 125 cm³/mol. The normalized spacial score (nSPS) is 52.7. The van der Waals surface area contributed by atoms with Gasteiger partial charge in [-0.25, -0.2) is 8.78 Å². The summed E-state index contributed by atoms with van der Waals surface area (Å²) in [5.41, 5.74) is -5.81. The number of allylic oxidation sites excluding steroid dienone is 1. The summed E-state index contributed by atoms with van der Waals surface area (Å²) in [7, 11) is 0. The van der Waals surface area contributed by atoms with E-state index < -0.39 is 71.0 Å². The molecule has 1 saturated heterocycles. The maximum absolute atomic E-state index is 17.4. The summed E-state index contributed by atoms with van der Waals surface area (Å²) in [6, 6.07) is 0. The van der Waals surface area contributed by atoms with Crippen molar-refractivity contribution in [3.63, 3.8) is 0 Å². The van der Waals surface area contributed by atoms with E-state index in [0.29, 0.717) is 6.42 Å². The fourth-order valence-corrected chi connectivity index (χ4v) is 9.56. The summed E-state index contributed by atoms with van der Waals surface area (Å²) in [5, 5.41) is 21.6. The molecule has 6 nitrogen and oxygen atoms in total. The molecule has 0 aromatic carbocycles. The molecule has 1 heterocycles. The molecule has 5 fully saturated rings. The number of fused-ring (bicyclic) bond motifs is 7. The van der Waals surface area contributed by atoms with Gasteiger partial charge in [-0.15, -0.1) is 0 Å². The van der Waals surface area contributed by atoms with Crippen LogP contribution in [0.4, 0.5) is 8.78 Å². The lowest BCUT2D eigenvalue weighted by Gasteiger charge is -2.64. The predicted octanol–water partition coefficient (Wildman–Crippen LogP) is 3.76. The van der Waals surface area contributed by atoms with Gasteiger partial charge < -0.3 is 19.7 Å². The quantitative estimate of drug-likeness (QED) is 0.603. The minimum Gasteiger partial charge on any atom is -0.390 e. The summed E-state index contributed by atoms with van der Waals surface area (Å²) in [5.74, 6) is -1.91. The van der Waals surface area contributed by atoms with Gasteiger partial charge in [0.1, 0.15) is 18.4 Å². The molecule has 0 radical (unpaired) electrons. The SMILES string of the molecule is C[C@]12CCC(=O)C=C1[C@@H](F)C[C@H]1[C@@H]3C[C@H]4O[C@@H](C5CCCCC5)O[C@@]4(C(=O)CO)[C@@]3(C)C[C@H](O)[C@@]12F. The average molecular weight is 509 g/mol. The highest BCUT2D eigenvalue weighted by molar-refractivity contribution is 5.92. The molecular formula is C28H38F2O6. The van der Waals surface area contributed by atoms with Crippen molar-refractivity contribution < 1.29 is 38.1 Å². The summed E-state index contributed by atoms with van der Waals surface area (Å²) in [6.07, 6.45) is 2.57. The van der Waals surface area contributed by atoms with Crippen LogP contribution in [0.15, 0.2) is 11.6 Å². The van der Waals surface area contributed by atoms with Crippen LogP contribution in [0.1, 0.15) is 78.1 Å². The van der Waals surface area contributed by atoms with Crippen molar-refractivity contribution in [2.45, 2.75) is 114 Å². The van der Waals surface area contributed by atoms with Crippen molar-refractivity contribution in [3.8, 4) is 0 Å². The maximum atomic E-state index is 17.4. The van der Waals surface area contributed by atoms with Crippen molar-refractivity contribution in [1.29, 1.82) is 0 Å². The van der Waals surface area contributed by atoms with Gasteiger partial charge in [0.2, 0.25) is 0 Å². The molecule has 0 unspecified atom stereocenters. The Kier molecular flexibility index (Phi) is 5.67. The second-order valence-electron chi connectivity index (χ2n) is 12.8. The van der Waals surface area contributed by atoms with Crippen molar-refractivity contribution >= 4 is 11.6 Å². The number of hydrogen-bond acceptors (Lipinski definition) is 6. The number of carbonyl (C=O) groups excluding carboxylic acids is 2. The molecule has 36 heavy (non-hydrogen) atoms. The largest absolute Gasteiger partial charge is 0.390 e. The number of aliphatic hydroxyl groups is 2. The number of carbonyl (C=O) groups is 2. The minimum absolute atomic E-state index is 0.0541. The Labute approximate surface area is 210 Å². The van der Waals surface area contributed by atoms with E-state index in [0.717, 1.165) is 32.1 Å². The van der Waals surface area contributed by atoms with E-state index in [1.54, 1.807) is 6.92 Å². The van der Waals surface area contributed by atoms with Crippen molar-refractivity contribution in [3.05, 3.63) is 11.6 Å². The number of hydrogen-bond donors (Lipinski definition) is 2. The fraction of sp³-hybridized carbons (Fsp3) is 0.857. The molecule has 6 rings (SSSR count). The molecule has 0 bridgehead atoms. The van der Waals surface area contributed by atoms with Gasteiger partial charge in [0.15, 0.2) is 23.5 Å². The molecule has 0 aromatic rings. The van der Waals surface area contributed by atoms with E-state index in [9.17, 15) is 19.8 Å². The monoisotopic (exact) mass is 508 g/mol. The molecule has 0 amide bonds. The van der Waals surface area contributed by atoms with Gasteiger partial charge in [-0.05, 0) is 56.1 Å². The third-order valence-electron chi connectivity index (χ3n) is 11.4. The lowest BCUT2D eigenvalue weighted by Crippen LogP contribution is -2.71. The number of rotatable bonds is 3. The smallest absolute Gasteiger partial charge is 0.193 e. The van der Waals surface area contributed by atoms with Crippen LogP contribution in [0.2, 0.25) is 0 Å². The first kappa shape index (κ1) is 25.1. The first-order valence-corrected chi connectivity index (χ1v) is 13.8. The number of alkyl halides is 2. The number of ketones is 2. The Bertz CT molecular complexity index is 995. The van der Waals surface area contributed by atoms with E-state index in [2.05, 4.69) is 0 Å². The van der Waals surface area contributed by atoms with Gasteiger partial charge in [0.05, 0.1) is 12.2 Å². The number of halogens is 2. The zero-order chi connectivity index (χ0) is 25.7. The Morgan fingerprint density at radius 1 is 1.17 bits per heavy atom. The number of Topliss-reactive ketones (excluding diaryl/α,β-unsaturated/α-hetero) is 1. The van der Waals surface area contributed by atoms with E-state index in [1.165, 1.54) is 6.08 Å². The summed E-state index contributed by atoms with van der Waals surface area (Å²) < 4.78 is 46.0. The Hall–Kier alpha value is -1.22. The minimum atomic E-state index is -2.14. The van der Waals surface area contributed by atoms with Crippen molar-refractivity contribution in [1.82, 2.24) is 0 Å². The second kappa shape index (κ2) is 8.14. The van der Waals surface area contributed by atoms with Crippen LogP contribution in [0.3, 0.4) is 0 Å². The molecule has 1 aliphatic heterocycles. The summed E-state index contributed by atoms with van der Waals surface area (Å²) >= 11 is 0. The van der Waals surface area contributed by atoms with Gasteiger partial charge in [-0.3, -0.25) is 9.59 Å². The average Bonchev–Trinajstić information content (AvgIpc) is 3.36. The molecule has 8 heteroatoms. The molecule has 5 aliphatic carbocycles. The Balaban J connectivity index is 1.41. The van der Waals surface area contributed by atoms with Crippen LogP contribution in [-0.4, -0.2) is 64.3 Å². The molecule has 0 aromatic heterocycles. The number of aliphatic hydroxyl groups excluding tert-OH is 2. The van der Waals surface area contributed by atoms with E-state index in [4.69, 9.17) is 9.47 Å². The lowest BCUT2D eigenvalue weighted by atomic mass is 9.43. The molecule has 0 spiro atoms. The van der Waals surface area contributed by atoms with E-state index in [1.807, 2.05) is 6.92 Å². The Morgan fingerprint density at radius 2 is 1.89 bits per heavy atom. The van der Waals surface area contributed by atoms with Gasteiger partial charge in [-0.1, -0.05) is 33.1 Å². The van der Waals surface area contributed by atoms with Gasteiger partial charge in [0.25, 0.3) is 0 Å². The molecular weight excluding hydrogens is 470 g/mol.